The van der Waals surface area contributed by atoms with Crippen LogP contribution < -0.4 is 10.6 Å². The highest BCUT2D eigenvalue weighted by Gasteiger charge is 2.11. The standard InChI is InChI=1S/C23H20FN5O/c1-15(26-12-16-6-11-21(27-13-16)23(30)25-2)19-4-3-5-22-20(19)14-28-29(22)18-9-7-17(24)8-10-18/h3-11,13-14,26H,1,12H2,2H3,(H,25,30). The van der Waals surface area contributed by atoms with Crippen molar-refractivity contribution in [3.05, 3.63) is 96.2 Å². The van der Waals surface area contributed by atoms with Crippen molar-refractivity contribution in [2.75, 3.05) is 7.05 Å². The molecule has 0 saturated carbocycles. The van der Waals surface area contributed by atoms with E-state index in [0.717, 1.165) is 33.4 Å². The molecule has 0 aliphatic heterocycles. The van der Waals surface area contributed by atoms with E-state index in [9.17, 15) is 9.18 Å². The summed E-state index contributed by atoms with van der Waals surface area (Å²) < 4.78 is 15.0. The van der Waals surface area contributed by atoms with Gasteiger partial charge in [0.15, 0.2) is 0 Å². The van der Waals surface area contributed by atoms with Crippen molar-refractivity contribution in [3.8, 4) is 5.69 Å². The Kier molecular flexibility index (Phi) is 5.26. The van der Waals surface area contributed by atoms with Crippen molar-refractivity contribution in [1.29, 1.82) is 0 Å². The highest BCUT2D eigenvalue weighted by Crippen LogP contribution is 2.25. The molecule has 0 saturated heterocycles. The fourth-order valence-corrected chi connectivity index (χ4v) is 3.20. The summed E-state index contributed by atoms with van der Waals surface area (Å²) in [5.41, 5.74) is 4.66. The monoisotopic (exact) mass is 401 g/mol. The Bertz CT molecular complexity index is 1210. The van der Waals surface area contributed by atoms with Crippen LogP contribution >= 0.6 is 0 Å². The van der Waals surface area contributed by atoms with Gasteiger partial charge in [-0.05, 0) is 42.0 Å². The topological polar surface area (TPSA) is 71.8 Å². The van der Waals surface area contributed by atoms with Gasteiger partial charge >= 0.3 is 0 Å². The van der Waals surface area contributed by atoms with Crippen LogP contribution in [0.2, 0.25) is 0 Å². The van der Waals surface area contributed by atoms with Crippen molar-refractivity contribution in [2.45, 2.75) is 6.54 Å². The molecule has 4 rings (SSSR count). The molecule has 2 aromatic heterocycles. The number of nitrogens with one attached hydrogen (secondary N) is 2. The van der Waals surface area contributed by atoms with Crippen molar-refractivity contribution < 1.29 is 9.18 Å². The van der Waals surface area contributed by atoms with Crippen molar-refractivity contribution in [3.63, 3.8) is 0 Å². The summed E-state index contributed by atoms with van der Waals surface area (Å²) in [4.78, 5) is 15.8. The lowest BCUT2D eigenvalue weighted by molar-refractivity contribution is 0.0958. The minimum atomic E-state index is -0.286. The van der Waals surface area contributed by atoms with Gasteiger partial charge in [-0.15, -0.1) is 0 Å². The van der Waals surface area contributed by atoms with Gasteiger partial charge in [0, 0.05) is 36.4 Å². The number of carbonyl (C=O) groups is 1. The molecule has 4 aromatic rings. The third-order valence-electron chi connectivity index (χ3n) is 4.80. The van der Waals surface area contributed by atoms with Crippen LogP contribution in [0.4, 0.5) is 4.39 Å². The lowest BCUT2D eigenvalue weighted by atomic mass is 10.1. The maximum atomic E-state index is 13.2. The summed E-state index contributed by atoms with van der Waals surface area (Å²) in [5, 5.41) is 11.3. The molecule has 0 radical (unpaired) electrons. The molecule has 2 aromatic carbocycles. The highest BCUT2D eigenvalue weighted by molar-refractivity contribution is 5.92. The van der Waals surface area contributed by atoms with Crippen LogP contribution in [0, 0.1) is 5.82 Å². The van der Waals surface area contributed by atoms with Gasteiger partial charge in [0.2, 0.25) is 0 Å². The smallest absolute Gasteiger partial charge is 0.269 e. The molecule has 7 heteroatoms. The number of hydrogen-bond donors (Lipinski definition) is 2. The van der Waals surface area contributed by atoms with E-state index >= 15 is 0 Å². The first-order valence-electron chi connectivity index (χ1n) is 9.39. The largest absolute Gasteiger partial charge is 0.381 e. The molecule has 0 spiro atoms. The maximum Gasteiger partial charge on any atom is 0.269 e. The van der Waals surface area contributed by atoms with E-state index in [4.69, 9.17) is 0 Å². The fourth-order valence-electron chi connectivity index (χ4n) is 3.20. The molecular formula is C23H20FN5O. The average Bonchev–Trinajstić information content (AvgIpc) is 3.22. The minimum absolute atomic E-state index is 0.219. The summed E-state index contributed by atoms with van der Waals surface area (Å²) in [7, 11) is 1.57. The van der Waals surface area contributed by atoms with Crippen LogP contribution in [0.5, 0.6) is 0 Å². The van der Waals surface area contributed by atoms with Gasteiger partial charge in [-0.2, -0.15) is 5.10 Å². The summed E-state index contributed by atoms with van der Waals surface area (Å²) in [6.07, 6.45) is 3.44. The second-order valence-corrected chi connectivity index (χ2v) is 6.73. The Hall–Kier alpha value is -4.00. The number of pyridine rings is 1. The molecule has 150 valence electrons. The molecule has 2 N–H and O–H groups in total. The Labute approximate surface area is 173 Å². The van der Waals surface area contributed by atoms with E-state index in [1.54, 1.807) is 42.3 Å². The molecule has 0 unspecified atom stereocenters. The molecule has 0 bridgehead atoms. The number of amides is 1. The van der Waals surface area contributed by atoms with Gasteiger partial charge < -0.3 is 10.6 Å². The Balaban J connectivity index is 1.54. The predicted molar refractivity (Wildman–Crippen MR) is 115 cm³/mol. The normalized spacial score (nSPS) is 10.7. The molecule has 0 aliphatic carbocycles. The first-order valence-corrected chi connectivity index (χ1v) is 9.39. The second kappa shape index (κ2) is 8.16. The van der Waals surface area contributed by atoms with Crippen LogP contribution in [0.25, 0.3) is 22.3 Å². The Morgan fingerprint density at radius 1 is 1.10 bits per heavy atom. The zero-order valence-electron chi connectivity index (χ0n) is 16.4. The summed E-state index contributed by atoms with van der Waals surface area (Å²) in [5.74, 6) is -0.505. The number of benzene rings is 2. The van der Waals surface area contributed by atoms with Gasteiger partial charge in [0.1, 0.15) is 11.5 Å². The van der Waals surface area contributed by atoms with Gasteiger partial charge in [0.25, 0.3) is 5.91 Å². The minimum Gasteiger partial charge on any atom is -0.381 e. The van der Waals surface area contributed by atoms with Gasteiger partial charge in [0.05, 0.1) is 17.4 Å². The van der Waals surface area contributed by atoms with Gasteiger partial charge in [-0.1, -0.05) is 24.8 Å². The Morgan fingerprint density at radius 3 is 2.60 bits per heavy atom. The highest BCUT2D eigenvalue weighted by atomic mass is 19.1. The van der Waals surface area contributed by atoms with Crippen LogP contribution in [0.15, 0.2) is 73.6 Å². The first-order chi connectivity index (χ1) is 14.6. The van der Waals surface area contributed by atoms with E-state index in [0.29, 0.717) is 12.2 Å². The summed E-state index contributed by atoms with van der Waals surface area (Å²) in [6.45, 7) is 4.68. The Morgan fingerprint density at radius 2 is 1.90 bits per heavy atom. The van der Waals surface area contributed by atoms with Crippen LogP contribution in [0.3, 0.4) is 0 Å². The number of fused-ring (bicyclic) bond motifs is 1. The van der Waals surface area contributed by atoms with Gasteiger partial charge in [-0.25, -0.2) is 9.07 Å². The lowest BCUT2D eigenvalue weighted by Gasteiger charge is -2.11. The van der Waals surface area contributed by atoms with E-state index in [2.05, 4.69) is 27.3 Å². The number of halogens is 1. The summed E-state index contributed by atoms with van der Waals surface area (Å²) >= 11 is 0. The maximum absolute atomic E-state index is 13.2. The quantitative estimate of drug-likeness (QED) is 0.517. The van der Waals surface area contributed by atoms with E-state index in [1.165, 1.54) is 12.1 Å². The molecule has 2 heterocycles. The lowest BCUT2D eigenvalue weighted by Crippen LogP contribution is -2.19. The fraction of sp³-hybridized carbons (Fsp3) is 0.0870. The number of nitrogens with zero attached hydrogens (tertiary/aromatic N) is 3. The number of carbonyl (C=O) groups excluding carboxylic acids is 1. The molecular weight excluding hydrogens is 381 g/mol. The van der Waals surface area contributed by atoms with Crippen molar-refractivity contribution >= 4 is 22.5 Å². The molecule has 30 heavy (non-hydrogen) atoms. The van der Waals surface area contributed by atoms with Crippen LogP contribution in [-0.4, -0.2) is 27.7 Å². The third-order valence-corrected chi connectivity index (χ3v) is 4.80. The zero-order chi connectivity index (χ0) is 21.1. The van der Waals surface area contributed by atoms with Crippen molar-refractivity contribution in [2.24, 2.45) is 0 Å². The van der Waals surface area contributed by atoms with E-state index in [-0.39, 0.29) is 11.7 Å². The predicted octanol–water partition coefficient (Wildman–Crippen LogP) is 3.68. The summed E-state index contributed by atoms with van der Waals surface area (Å²) in [6, 6.07) is 15.6. The molecule has 6 nitrogen and oxygen atoms in total. The average molecular weight is 401 g/mol. The van der Waals surface area contributed by atoms with E-state index in [1.807, 2.05) is 24.3 Å². The SMILES string of the molecule is C=C(NCc1ccc(C(=O)NC)nc1)c1cccc2c1cnn2-c1ccc(F)cc1. The van der Waals surface area contributed by atoms with Crippen LogP contribution in [0.1, 0.15) is 21.6 Å². The molecule has 0 aliphatic rings. The molecule has 1 amide bonds. The second-order valence-electron chi connectivity index (χ2n) is 6.73. The number of hydrogen-bond acceptors (Lipinski definition) is 4. The molecule has 0 atom stereocenters. The van der Waals surface area contributed by atoms with Crippen LogP contribution in [-0.2, 0) is 6.54 Å². The number of aromatic nitrogens is 3. The number of rotatable bonds is 6. The molecule has 0 fully saturated rings. The van der Waals surface area contributed by atoms with E-state index < -0.39 is 0 Å². The third kappa shape index (κ3) is 3.77. The first kappa shape index (κ1) is 19.3. The van der Waals surface area contributed by atoms with Crippen molar-refractivity contribution in [1.82, 2.24) is 25.4 Å². The zero-order valence-corrected chi connectivity index (χ0v) is 16.4. The van der Waals surface area contributed by atoms with Gasteiger partial charge in [-0.3, -0.25) is 9.78 Å².